The van der Waals surface area contributed by atoms with Crippen molar-refractivity contribution in [2.75, 3.05) is 12.3 Å². The maximum atomic E-state index is 11.8. The maximum Gasteiger partial charge on any atom is 0.313 e. The minimum absolute atomic E-state index is 0.0778. The Morgan fingerprint density at radius 1 is 1.44 bits per heavy atom. The SMILES string of the molecule is Cc1ccc(N)c2c1C1CC(COC1=O)C2. The minimum atomic E-state index is -0.0779. The van der Waals surface area contributed by atoms with E-state index in [1.807, 2.05) is 19.1 Å². The molecule has 1 aliphatic carbocycles. The molecule has 3 rings (SSSR count). The van der Waals surface area contributed by atoms with Gasteiger partial charge >= 0.3 is 5.97 Å². The lowest BCUT2D eigenvalue weighted by atomic mass is 9.73. The van der Waals surface area contributed by atoms with Gasteiger partial charge in [0.25, 0.3) is 0 Å². The first kappa shape index (κ1) is 9.70. The Kier molecular flexibility index (Phi) is 1.96. The Morgan fingerprint density at radius 3 is 3.06 bits per heavy atom. The number of aryl methyl sites for hydroxylation is 1. The Hall–Kier alpha value is -1.51. The van der Waals surface area contributed by atoms with Crippen molar-refractivity contribution in [3.8, 4) is 0 Å². The highest BCUT2D eigenvalue weighted by Crippen LogP contribution is 2.42. The topological polar surface area (TPSA) is 52.3 Å². The van der Waals surface area contributed by atoms with Gasteiger partial charge in [-0.2, -0.15) is 0 Å². The van der Waals surface area contributed by atoms with Crippen LogP contribution >= 0.6 is 0 Å². The van der Waals surface area contributed by atoms with Gasteiger partial charge in [0.1, 0.15) is 0 Å². The Bertz CT molecular complexity index is 467. The molecule has 2 bridgehead atoms. The highest BCUT2D eigenvalue weighted by molar-refractivity contribution is 5.81. The van der Waals surface area contributed by atoms with Crippen molar-refractivity contribution in [2.45, 2.75) is 25.7 Å². The van der Waals surface area contributed by atoms with Gasteiger partial charge in [-0.25, -0.2) is 0 Å². The van der Waals surface area contributed by atoms with E-state index in [4.69, 9.17) is 10.5 Å². The van der Waals surface area contributed by atoms with Gasteiger partial charge in [0.05, 0.1) is 12.5 Å². The van der Waals surface area contributed by atoms with E-state index < -0.39 is 0 Å². The van der Waals surface area contributed by atoms with Crippen molar-refractivity contribution < 1.29 is 9.53 Å². The van der Waals surface area contributed by atoms with Gasteiger partial charge in [0, 0.05) is 5.69 Å². The summed E-state index contributed by atoms with van der Waals surface area (Å²) in [4.78, 5) is 11.8. The zero-order chi connectivity index (χ0) is 11.3. The van der Waals surface area contributed by atoms with Gasteiger partial charge in [-0.15, -0.1) is 0 Å². The van der Waals surface area contributed by atoms with Crippen LogP contribution in [0.25, 0.3) is 0 Å². The highest BCUT2D eigenvalue weighted by atomic mass is 16.5. The fourth-order valence-electron chi connectivity index (χ4n) is 2.98. The quantitative estimate of drug-likeness (QED) is 0.532. The first-order valence-electron chi connectivity index (χ1n) is 5.71. The summed E-state index contributed by atoms with van der Waals surface area (Å²) in [5.41, 5.74) is 10.3. The summed E-state index contributed by atoms with van der Waals surface area (Å²) in [6.07, 6.45) is 1.88. The number of anilines is 1. The van der Waals surface area contributed by atoms with Gasteiger partial charge in [-0.05, 0) is 48.4 Å². The number of hydrogen-bond acceptors (Lipinski definition) is 3. The third-order valence-corrected chi connectivity index (χ3v) is 3.77. The molecule has 1 aromatic rings. The van der Waals surface area contributed by atoms with Crippen molar-refractivity contribution >= 4 is 11.7 Å². The largest absolute Gasteiger partial charge is 0.465 e. The number of cyclic esters (lactones) is 1. The summed E-state index contributed by atoms with van der Waals surface area (Å²) in [5.74, 6) is 0.302. The molecule has 0 spiro atoms. The van der Waals surface area contributed by atoms with E-state index in [9.17, 15) is 4.79 Å². The molecule has 2 aliphatic rings. The van der Waals surface area contributed by atoms with Crippen LogP contribution in [-0.4, -0.2) is 12.6 Å². The number of hydrogen-bond donors (Lipinski definition) is 1. The molecule has 1 fully saturated rings. The van der Waals surface area contributed by atoms with Crippen LogP contribution in [0.2, 0.25) is 0 Å². The molecular weight excluding hydrogens is 202 g/mol. The van der Waals surface area contributed by atoms with E-state index in [1.54, 1.807) is 0 Å². The lowest BCUT2D eigenvalue weighted by Crippen LogP contribution is -2.35. The highest BCUT2D eigenvalue weighted by Gasteiger charge is 2.38. The number of rotatable bonds is 0. The second-order valence-corrected chi connectivity index (χ2v) is 4.85. The van der Waals surface area contributed by atoms with Crippen molar-refractivity contribution in [1.82, 2.24) is 0 Å². The number of carbonyl (C=O) groups excluding carboxylic acids is 1. The smallest absolute Gasteiger partial charge is 0.313 e. The maximum absolute atomic E-state index is 11.8. The van der Waals surface area contributed by atoms with Crippen LogP contribution < -0.4 is 5.73 Å². The molecule has 0 radical (unpaired) electrons. The molecule has 3 heteroatoms. The van der Waals surface area contributed by atoms with Crippen LogP contribution in [0.15, 0.2) is 12.1 Å². The number of ether oxygens (including phenoxy) is 1. The van der Waals surface area contributed by atoms with Crippen molar-refractivity contribution in [3.63, 3.8) is 0 Å². The number of carbonyl (C=O) groups is 1. The molecule has 16 heavy (non-hydrogen) atoms. The first-order valence-corrected chi connectivity index (χ1v) is 5.71. The number of benzene rings is 1. The van der Waals surface area contributed by atoms with Gasteiger partial charge in [0.15, 0.2) is 0 Å². The molecule has 0 amide bonds. The molecular formula is C13H15NO2. The average molecular weight is 217 g/mol. The van der Waals surface area contributed by atoms with E-state index in [0.29, 0.717) is 12.5 Å². The van der Waals surface area contributed by atoms with E-state index in [2.05, 4.69) is 0 Å². The van der Waals surface area contributed by atoms with Gasteiger partial charge in [-0.3, -0.25) is 4.79 Å². The van der Waals surface area contributed by atoms with Crippen LogP contribution in [0, 0.1) is 12.8 Å². The van der Waals surface area contributed by atoms with Gasteiger partial charge < -0.3 is 10.5 Å². The third-order valence-electron chi connectivity index (χ3n) is 3.77. The van der Waals surface area contributed by atoms with Crippen molar-refractivity contribution in [2.24, 2.45) is 5.92 Å². The number of nitrogen functional groups attached to an aromatic ring is 1. The normalized spacial score (nSPS) is 27.2. The molecule has 3 nitrogen and oxygen atoms in total. The summed E-state index contributed by atoms with van der Waals surface area (Å²) in [6, 6.07) is 3.94. The van der Waals surface area contributed by atoms with Crippen LogP contribution in [0.3, 0.4) is 0 Å². The van der Waals surface area contributed by atoms with Crippen LogP contribution in [0.4, 0.5) is 5.69 Å². The van der Waals surface area contributed by atoms with Crippen LogP contribution in [0.1, 0.15) is 29.0 Å². The predicted octanol–water partition coefficient (Wildman–Crippen LogP) is 1.78. The zero-order valence-electron chi connectivity index (χ0n) is 9.32. The molecule has 84 valence electrons. The molecule has 1 heterocycles. The second-order valence-electron chi connectivity index (χ2n) is 4.85. The van der Waals surface area contributed by atoms with Crippen LogP contribution in [-0.2, 0) is 16.0 Å². The average Bonchev–Trinajstić information content (AvgIpc) is 2.29. The molecule has 1 aliphatic heterocycles. The van der Waals surface area contributed by atoms with Crippen molar-refractivity contribution in [3.05, 3.63) is 28.8 Å². The second kappa shape index (κ2) is 3.24. The summed E-state index contributed by atoms with van der Waals surface area (Å²) >= 11 is 0. The van der Waals surface area contributed by atoms with Gasteiger partial charge in [-0.1, -0.05) is 6.07 Å². The molecule has 0 aromatic heterocycles. The third kappa shape index (κ3) is 1.24. The lowest BCUT2D eigenvalue weighted by Gasteiger charge is -2.36. The molecule has 1 saturated heterocycles. The van der Waals surface area contributed by atoms with E-state index in [1.165, 1.54) is 5.56 Å². The number of nitrogens with two attached hydrogens (primary N) is 1. The fourth-order valence-corrected chi connectivity index (χ4v) is 2.98. The summed E-state index contributed by atoms with van der Waals surface area (Å²) in [7, 11) is 0. The summed E-state index contributed by atoms with van der Waals surface area (Å²) in [5, 5.41) is 0. The fraction of sp³-hybridized carbons (Fsp3) is 0.462. The van der Waals surface area contributed by atoms with Gasteiger partial charge in [0.2, 0.25) is 0 Å². The minimum Gasteiger partial charge on any atom is -0.465 e. The summed E-state index contributed by atoms with van der Waals surface area (Å²) < 4.78 is 5.22. The van der Waals surface area contributed by atoms with E-state index >= 15 is 0 Å². The number of fused-ring (bicyclic) bond motifs is 4. The Labute approximate surface area is 94.6 Å². The first-order chi connectivity index (χ1) is 7.66. The molecule has 2 N–H and O–H groups in total. The Morgan fingerprint density at radius 2 is 2.25 bits per heavy atom. The zero-order valence-corrected chi connectivity index (χ0v) is 9.32. The molecule has 1 aromatic carbocycles. The predicted molar refractivity (Wildman–Crippen MR) is 61.1 cm³/mol. The molecule has 0 saturated carbocycles. The van der Waals surface area contributed by atoms with E-state index in [-0.39, 0.29) is 11.9 Å². The monoisotopic (exact) mass is 217 g/mol. The van der Waals surface area contributed by atoms with E-state index in [0.717, 1.165) is 29.7 Å². The molecule has 2 unspecified atom stereocenters. The molecule has 2 atom stereocenters. The van der Waals surface area contributed by atoms with Crippen molar-refractivity contribution in [1.29, 1.82) is 0 Å². The lowest BCUT2D eigenvalue weighted by molar-refractivity contribution is -0.152. The summed E-state index contributed by atoms with van der Waals surface area (Å²) in [6.45, 7) is 2.60. The Balaban J connectivity index is 2.20. The number of esters is 1. The standard InChI is InChI=1S/C13H15NO2/c1-7-2-3-11(14)9-4-8-5-10(12(7)9)13(15)16-6-8/h2-3,8,10H,4-6,14H2,1H3. The van der Waals surface area contributed by atoms with Crippen LogP contribution in [0.5, 0.6) is 0 Å².